The molecule has 0 bridgehead atoms. The number of nitro benzene ring substituents is 1. The second kappa shape index (κ2) is 8.39. The Labute approximate surface area is 162 Å². The molecule has 1 aliphatic carbocycles. The summed E-state index contributed by atoms with van der Waals surface area (Å²) < 4.78 is 32.8. The third-order valence-corrected chi connectivity index (χ3v) is 5.98. The van der Waals surface area contributed by atoms with Crippen LogP contribution in [0.5, 0.6) is 0 Å². The zero-order valence-electron chi connectivity index (χ0n) is 15.0. The molecule has 3 rings (SSSR count). The number of nitrogens with one attached hydrogen (secondary N) is 1. The molecule has 1 aliphatic rings. The van der Waals surface area contributed by atoms with Gasteiger partial charge in [-0.15, -0.1) is 0 Å². The lowest BCUT2D eigenvalue weighted by Crippen LogP contribution is -2.21. The van der Waals surface area contributed by atoms with Gasteiger partial charge >= 0.3 is 5.97 Å². The summed E-state index contributed by atoms with van der Waals surface area (Å²) in [5.41, 5.74) is -0.00531. The van der Waals surface area contributed by atoms with Crippen LogP contribution in [0.1, 0.15) is 42.5 Å². The zero-order chi connectivity index (χ0) is 20.1. The van der Waals surface area contributed by atoms with Crippen molar-refractivity contribution in [3.8, 4) is 0 Å². The Morgan fingerprint density at radius 2 is 1.68 bits per heavy atom. The molecule has 148 valence electrons. The number of rotatable bonds is 6. The Balaban J connectivity index is 1.71. The van der Waals surface area contributed by atoms with E-state index >= 15 is 0 Å². The maximum Gasteiger partial charge on any atom is 0.338 e. The van der Waals surface area contributed by atoms with E-state index in [1.54, 1.807) is 0 Å². The van der Waals surface area contributed by atoms with E-state index in [1.165, 1.54) is 36.4 Å². The summed E-state index contributed by atoms with van der Waals surface area (Å²) in [6.07, 6.45) is 4.90. The Kier molecular flexibility index (Phi) is 5.93. The van der Waals surface area contributed by atoms with Crippen molar-refractivity contribution in [3.63, 3.8) is 0 Å². The molecule has 0 aliphatic heterocycles. The largest absolute Gasteiger partial charge is 0.459 e. The fourth-order valence-corrected chi connectivity index (χ4v) is 4.35. The predicted molar refractivity (Wildman–Crippen MR) is 103 cm³/mol. The topological polar surface area (TPSA) is 116 Å². The van der Waals surface area contributed by atoms with Crippen molar-refractivity contribution in [2.24, 2.45) is 0 Å². The van der Waals surface area contributed by atoms with Gasteiger partial charge in [-0.2, -0.15) is 0 Å². The molecule has 1 N–H and O–H groups in total. The van der Waals surface area contributed by atoms with Crippen molar-refractivity contribution in [2.45, 2.75) is 43.1 Å². The number of ether oxygens (including phenoxy) is 1. The van der Waals surface area contributed by atoms with Crippen LogP contribution in [-0.4, -0.2) is 25.4 Å². The summed E-state index contributed by atoms with van der Waals surface area (Å²) in [4.78, 5) is 22.1. The molecule has 0 spiro atoms. The number of sulfonamides is 1. The van der Waals surface area contributed by atoms with Gasteiger partial charge in [-0.25, -0.2) is 13.2 Å². The molecule has 2 aromatic rings. The molecule has 0 saturated heterocycles. The Morgan fingerprint density at radius 1 is 1.04 bits per heavy atom. The second-order valence-corrected chi connectivity index (χ2v) is 8.22. The van der Waals surface area contributed by atoms with Crippen LogP contribution in [0.3, 0.4) is 0 Å². The molecule has 8 nitrogen and oxygen atoms in total. The molecule has 0 amide bonds. The molecule has 9 heteroatoms. The summed E-state index contributed by atoms with van der Waals surface area (Å²) in [6.45, 7) is 0. The number of hydrogen-bond acceptors (Lipinski definition) is 6. The lowest BCUT2D eigenvalue weighted by Gasteiger charge is -2.21. The summed E-state index contributed by atoms with van der Waals surface area (Å²) in [6, 6.07) is 10.9. The molecule has 0 radical (unpaired) electrons. The molecular formula is C19H20N2O6S. The lowest BCUT2D eigenvalue weighted by atomic mass is 9.98. The van der Waals surface area contributed by atoms with Gasteiger partial charge in [-0.1, -0.05) is 18.6 Å². The van der Waals surface area contributed by atoms with Crippen LogP contribution < -0.4 is 4.72 Å². The van der Waals surface area contributed by atoms with Crippen molar-refractivity contribution in [2.75, 3.05) is 4.72 Å². The molecule has 1 fully saturated rings. The van der Waals surface area contributed by atoms with Gasteiger partial charge in [0.1, 0.15) is 6.10 Å². The number of nitro groups is 1. The highest BCUT2D eigenvalue weighted by Gasteiger charge is 2.25. The highest BCUT2D eigenvalue weighted by Crippen LogP contribution is 2.26. The van der Waals surface area contributed by atoms with Crippen molar-refractivity contribution in [3.05, 3.63) is 64.2 Å². The second-order valence-electron chi connectivity index (χ2n) is 6.57. The maximum atomic E-state index is 12.5. The van der Waals surface area contributed by atoms with Gasteiger partial charge in [0.2, 0.25) is 0 Å². The Bertz CT molecular complexity index is 966. The highest BCUT2D eigenvalue weighted by atomic mass is 32.2. The quantitative estimate of drug-likeness (QED) is 0.444. The highest BCUT2D eigenvalue weighted by molar-refractivity contribution is 7.92. The SMILES string of the molecule is O=C(OC1CCCCC1)c1ccc(NS(=O)(=O)c2ccccc2[N+](=O)[O-])cc1. The van der Waals surface area contributed by atoms with Crippen LogP contribution in [0.15, 0.2) is 53.4 Å². The third kappa shape index (κ3) is 4.66. The number of carbonyl (C=O) groups excluding carboxylic acids is 1. The monoisotopic (exact) mass is 404 g/mol. The number of para-hydroxylation sites is 1. The molecule has 0 atom stereocenters. The number of anilines is 1. The van der Waals surface area contributed by atoms with E-state index in [2.05, 4.69) is 4.72 Å². The Hall–Kier alpha value is -2.94. The van der Waals surface area contributed by atoms with E-state index in [1.807, 2.05) is 0 Å². The first-order chi connectivity index (χ1) is 13.4. The molecule has 1 saturated carbocycles. The van der Waals surface area contributed by atoms with Crippen molar-refractivity contribution in [1.29, 1.82) is 0 Å². The van der Waals surface area contributed by atoms with Crippen molar-refractivity contribution < 1.29 is 22.9 Å². The summed E-state index contributed by atoms with van der Waals surface area (Å²) in [7, 11) is -4.15. The van der Waals surface area contributed by atoms with Crippen molar-refractivity contribution in [1.82, 2.24) is 0 Å². The smallest absolute Gasteiger partial charge is 0.338 e. The fourth-order valence-electron chi connectivity index (χ4n) is 3.12. The van der Waals surface area contributed by atoms with Gasteiger partial charge in [-0.3, -0.25) is 14.8 Å². The Morgan fingerprint density at radius 3 is 2.32 bits per heavy atom. The lowest BCUT2D eigenvalue weighted by molar-refractivity contribution is -0.387. The summed E-state index contributed by atoms with van der Waals surface area (Å²) in [5.74, 6) is -0.444. The molecule has 28 heavy (non-hydrogen) atoms. The molecular weight excluding hydrogens is 384 g/mol. The number of carbonyl (C=O) groups is 1. The first-order valence-electron chi connectivity index (χ1n) is 8.94. The summed E-state index contributed by atoms with van der Waals surface area (Å²) in [5, 5.41) is 11.1. The van der Waals surface area contributed by atoms with E-state index in [-0.39, 0.29) is 11.8 Å². The van der Waals surface area contributed by atoms with Crippen LogP contribution in [0.25, 0.3) is 0 Å². The minimum Gasteiger partial charge on any atom is -0.459 e. The molecule has 0 heterocycles. The maximum absolute atomic E-state index is 12.5. The average Bonchev–Trinajstić information content (AvgIpc) is 2.69. The van der Waals surface area contributed by atoms with Gasteiger partial charge < -0.3 is 4.74 Å². The van der Waals surface area contributed by atoms with Crippen LogP contribution in [0.4, 0.5) is 11.4 Å². The van der Waals surface area contributed by atoms with Crippen LogP contribution >= 0.6 is 0 Å². The summed E-state index contributed by atoms with van der Waals surface area (Å²) >= 11 is 0. The predicted octanol–water partition coefficient (Wildman–Crippen LogP) is 3.89. The average molecular weight is 404 g/mol. The molecule has 0 unspecified atom stereocenters. The van der Waals surface area contributed by atoms with E-state index < -0.39 is 31.5 Å². The van der Waals surface area contributed by atoms with E-state index in [0.717, 1.165) is 44.2 Å². The van der Waals surface area contributed by atoms with Crippen LogP contribution in [0.2, 0.25) is 0 Å². The minimum atomic E-state index is -4.15. The van der Waals surface area contributed by atoms with Gasteiger partial charge in [0.15, 0.2) is 4.90 Å². The molecule has 2 aromatic carbocycles. The third-order valence-electron chi connectivity index (χ3n) is 4.55. The van der Waals surface area contributed by atoms with Crippen molar-refractivity contribution >= 4 is 27.4 Å². The van der Waals surface area contributed by atoms with Gasteiger partial charge in [0, 0.05) is 11.8 Å². The molecule has 0 aromatic heterocycles. The van der Waals surface area contributed by atoms with Gasteiger partial charge in [-0.05, 0) is 56.0 Å². The fraction of sp³-hybridized carbons (Fsp3) is 0.316. The van der Waals surface area contributed by atoms with E-state index in [9.17, 15) is 23.3 Å². The van der Waals surface area contributed by atoms with E-state index in [0.29, 0.717) is 5.56 Å². The van der Waals surface area contributed by atoms with Gasteiger partial charge in [0.25, 0.3) is 15.7 Å². The normalized spacial score (nSPS) is 15.0. The van der Waals surface area contributed by atoms with Crippen LogP contribution in [0, 0.1) is 10.1 Å². The zero-order valence-corrected chi connectivity index (χ0v) is 15.9. The van der Waals surface area contributed by atoms with Crippen LogP contribution in [-0.2, 0) is 14.8 Å². The van der Waals surface area contributed by atoms with E-state index in [4.69, 9.17) is 4.74 Å². The number of nitrogens with zero attached hydrogens (tertiary/aromatic N) is 1. The number of esters is 1. The van der Waals surface area contributed by atoms with Gasteiger partial charge in [0.05, 0.1) is 10.5 Å². The number of hydrogen-bond donors (Lipinski definition) is 1. The standard InChI is InChI=1S/C19H20N2O6S/c22-19(27-16-6-2-1-3-7-16)14-10-12-15(13-11-14)20-28(25,26)18-9-5-4-8-17(18)21(23)24/h4-5,8-13,16,20H,1-3,6-7H2. The first-order valence-corrected chi connectivity index (χ1v) is 10.4. The number of benzene rings is 2. The first kappa shape index (κ1) is 19.8. The minimum absolute atomic E-state index is 0.0712.